The highest BCUT2D eigenvalue weighted by molar-refractivity contribution is 6.31. The quantitative estimate of drug-likeness (QED) is 0.600. The van der Waals surface area contributed by atoms with Gasteiger partial charge in [0.15, 0.2) is 0 Å². The molecule has 0 bridgehead atoms. The van der Waals surface area contributed by atoms with Crippen molar-refractivity contribution in [3.8, 4) is 11.6 Å². The van der Waals surface area contributed by atoms with Gasteiger partial charge in [-0.3, -0.25) is 0 Å². The van der Waals surface area contributed by atoms with Crippen molar-refractivity contribution in [3.63, 3.8) is 0 Å². The smallest absolute Gasteiger partial charge is 0.228 e. The molecule has 2 rings (SSSR count). The maximum absolute atomic E-state index is 5.95. The normalized spacial score (nSPS) is 10.6. The van der Waals surface area contributed by atoms with E-state index in [1.54, 1.807) is 7.11 Å². The molecule has 0 spiro atoms. The van der Waals surface area contributed by atoms with Crippen LogP contribution in [0.5, 0.6) is 11.6 Å². The molecule has 1 heterocycles. The first-order chi connectivity index (χ1) is 9.74. The van der Waals surface area contributed by atoms with Crippen LogP contribution < -0.4 is 4.74 Å². The predicted octanol–water partition coefficient (Wildman–Crippen LogP) is 3.85. The molecule has 0 saturated heterocycles. The molecular formula is C14H14Cl2N2O2. The Labute approximate surface area is 127 Å². The molecule has 0 aliphatic rings. The van der Waals surface area contributed by atoms with Gasteiger partial charge in [-0.2, -0.15) is 0 Å². The third-order valence-corrected chi connectivity index (χ3v) is 3.31. The summed E-state index contributed by atoms with van der Waals surface area (Å²) in [5.74, 6) is 1.25. The van der Waals surface area contributed by atoms with Crippen molar-refractivity contribution in [2.45, 2.75) is 12.3 Å². The number of ether oxygens (including phenoxy) is 2. The highest BCUT2D eigenvalue weighted by Gasteiger charge is 2.11. The fourth-order valence-corrected chi connectivity index (χ4v) is 2.13. The molecule has 0 amide bonds. The Morgan fingerprint density at radius 1 is 1.15 bits per heavy atom. The van der Waals surface area contributed by atoms with Gasteiger partial charge >= 0.3 is 0 Å². The number of hydrogen-bond acceptors (Lipinski definition) is 4. The molecule has 6 heteroatoms. The van der Waals surface area contributed by atoms with Crippen molar-refractivity contribution >= 4 is 23.2 Å². The Morgan fingerprint density at radius 2 is 1.90 bits per heavy atom. The second-order valence-corrected chi connectivity index (χ2v) is 4.70. The zero-order valence-electron chi connectivity index (χ0n) is 11.0. The maximum Gasteiger partial charge on any atom is 0.228 e. The number of rotatable bonds is 6. The number of aromatic nitrogens is 2. The van der Waals surface area contributed by atoms with E-state index >= 15 is 0 Å². The number of alkyl halides is 1. The molecule has 0 aliphatic heterocycles. The third-order valence-electron chi connectivity index (χ3n) is 2.72. The highest BCUT2D eigenvalue weighted by atomic mass is 35.5. The third kappa shape index (κ3) is 3.82. The minimum absolute atomic E-state index is 0.195. The van der Waals surface area contributed by atoms with Crippen molar-refractivity contribution in [2.24, 2.45) is 0 Å². The monoisotopic (exact) mass is 312 g/mol. The van der Waals surface area contributed by atoms with E-state index in [2.05, 4.69) is 9.97 Å². The van der Waals surface area contributed by atoms with Crippen LogP contribution in [0.3, 0.4) is 0 Å². The van der Waals surface area contributed by atoms with Crippen LogP contribution in [0, 0.1) is 0 Å². The minimum atomic E-state index is 0.195. The number of halogens is 2. The molecule has 20 heavy (non-hydrogen) atoms. The van der Waals surface area contributed by atoms with E-state index in [0.29, 0.717) is 29.0 Å². The Hall–Kier alpha value is -1.36. The van der Waals surface area contributed by atoms with Crippen molar-refractivity contribution < 1.29 is 9.47 Å². The van der Waals surface area contributed by atoms with Gasteiger partial charge in [-0.15, -0.1) is 11.6 Å². The van der Waals surface area contributed by atoms with Crippen molar-refractivity contribution in [1.29, 1.82) is 0 Å². The number of methoxy groups -OCH3 is 1. The highest BCUT2D eigenvalue weighted by Crippen LogP contribution is 2.28. The summed E-state index contributed by atoms with van der Waals surface area (Å²) in [5.41, 5.74) is 1.76. The average Bonchev–Trinajstić information content (AvgIpc) is 2.47. The summed E-state index contributed by atoms with van der Waals surface area (Å²) in [4.78, 5) is 7.93. The molecule has 0 atom stereocenters. The van der Waals surface area contributed by atoms with Gasteiger partial charge in [0, 0.05) is 7.11 Å². The van der Waals surface area contributed by atoms with E-state index in [1.165, 1.54) is 11.9 Å². The molecule has 2 aromatic rings. The van der Waals surface area contributed by atoms with Crippen LogP contribution >= 0.6 is 23.2 Å². The summed E-state index contributed by atoms with van der Waals surface area (Å²) >= 11 is 11.8. The van der Waals surface area contributed by atoms with E-state index in [-0.39, 0.29) is 5.88 Å². The van der Waals surface area contributed by atoms with Gasteiger partial charge in [-0.05, 0) is 24.1 Å². The number of nitrogens with zero attached hydrogens (tertiary/aromatic N) is 2. The van der Waals surface area contributed by atoms with Crippen LogP contribution in [-0.4, -0.2) is 23.7 Å². The summed E-state index contributed by atoms with van der Waals surface area (Å²) < 4.78 is 10.7. The Bertz CT molecular complexity index is 562. The zero-order valence-corrected chi connectivity index (χ0v) is 12.5. The van der Waals surface area contributed by atoms with E-state index in [4.69, 9.17) is 32.7 Å². The fraction of sp³-hybridized carbons (Fsp3) is 0.286. The van der Waals surface area contributed by atoms with Crippen LogP contribution in [0.1, 0.15) is 11.1 Å². The summed E-state index contributed by atoms with van der Waals surface area (Å²) in [6.45, 7) is 0.693. The lowest BCUT2D eigenvalue weighted by Crippen LogP contribution is -1.97. The van der Waals surface area contributed by atoms with Gasteiger partial charge < -0.3 is 9.47 Å². The molecule has 0 saturated carbocycles. The van der Waals surface area contributed by atoms with Gasteiger partial charge in [-0.1, -0.05) is 23.7 Å². The predicted molar refractivity (Wildman–Crippen MR) is 78.7 cm³/mol. The summed E-state index contributed by atoms with van der Waals surface area (Å²) in [6, 6.07) is 7.72. The largest absolute Gasteiger partial charge is 0.439 e. The number of benzene rings is 1. The second-order valence-electron chi connectivity index (χ2n) is 4.07. The molecule has 0 unspecified atom stereocenters. The van der Waals surface area contributed by atoms with E-state index in [1.807, 2.05) is 24.3 Å². The average molecular weight is 313 g/mol. The lowest BCUT2D eigenvalue weighted by Gasteiger charge is -2.09. The lowest BCUT2D eigenvalue weighted by molar-refractivity contribution is 0.202. The first-order valence-corrected chi connectivity index (χ1v) is 6.97. The summed E-state index contributed by atoms with van der Waals surface area (Å²) in [6.07, 6.45) is 2.21. The molecule has 106 valence electrons. The first-order valence-electron chi connectivity index (χ1n) is 6.05. The standard InChI is InChI=1S/C14H14Cl2N2O2/c1-19-7-6-10-2-4-11(5-3-10)20-14-12(8-15)13(16)17-9-18-14/h2-5,9H,6-8H2,1H3. The van der Waals surface area contributed by atoms with Gasteiger partial charge in [-0.25, -0.2) is 9.97 Å². The Balaban J connectivity index is 2.12. The molecule has 0 radical (unpaired) electrons. The van der Waals surface area contributed by atoms with E-state index in [9.17, 15) is 0 Å². The van der Waals surface area contributed by atoms with Gasteiger partial charge in [0.1, 0.15) is 17.2 Å². The van der Waals surface area contributed by atoms with E-state index in [0.717, 1.165) is 6.42 Å². The molecule has 0 N–H and O–H groups in total. The van der Waals surface area contributed by atoms with Crippen molar-refractivity contribution in [2.75, 3.05) is 13.7 Å². The first kappa shape index (κ1) is 15.0. The maximum atomic E-state index is 5.95. The Morgan fingerprint density at radius 3 is 2.55 bits per heavy atom. The molecule has 1 aromatic heterocycles. The minimum Gasteiger partial charge on any atom is -0.439 e. The molecule has 0 fully saturated rings. The lowest BCUT2D eigenvalue weighted by atomic mass is 10.1. The van der Waals surface area contributed by atoms with E-state index < -0.39 is 0 Å². The second kappa shape index (κ2) is 7.43. The van der Waals surface area contributed by atoms with Crippen molar-refractivity contribution in [1.82, 2.24) is 9.97 Å². The van der Waals surface area contributed by atoms with Crippen LogP contribution in [0.25, 0.3) is 0 Å². The van der Waals surface area contributed by atoms with Crippen LogP contribution in [0.4, 0.5) is 0 Å². The van der Waals surface area contributed by atoms with Gasteiger partial charge in [0.25, 0.3) is 0 Å². The number of hydrogen-bond donors (Lipinski definition) is 0. The van der Waals surface area contributed by atoms with Gasteiger partial charge in [0.05, 0.1) is 18.1 Å². The van der Waals surface area contributed by atoms with Crippen LogP contribution in [0.2, 0.25) is 5.15 Å². The molecule has 1 aromatic carbocycles. The molecule has 0 aliphatic carbocycles. The molecule has 4 nitrogen and oxygen atoms in total. The van der Waals surface area contributed by atoms with Crippen LogP contribution in [0.15, 0.2) is 30.6 Å². The van der Waals surface area contributed by atoms with Crippen molar-refractivity contribution in [3.05, 3.63) is 46.9 Å². The topological polar surface area (TPSA) is 44.2 Å². The zero-order chi connectivity index (χ0) is 14.4. The SMILES string of the molecule is COCCc1ccc(Oc2ncnc(Cl)c2CCl)cc1. The van der Waals surface area contributed by atoms with Crippen LogP contribution in [-0.2, 0) is 17.0 Å². The van der Waals surface area contributed by atoms with Gasteiger partial charge in [0.2, 0.25) is 5.88 Å². The fourth-order valence-electron chi connectivity index (χ4n) is 1.63. The Kier molecular flexibility index (Phi) is 5.59. The summed E-state index contributed by atoms with van der Waals surface area (Å²) in [5, 5.41) is 0.307. The molecular weight excluding hydrogens is 299 g/mol. The summed E-state index contributed by atoms with van der Waals surface area (Å²) in [7, 11) is 1.68.